The fraction of sp³-hybridized carbons (Fsp3) is 0.192. The Balaban J connectivity index is 1.38. The first-order valence-corrected chi connectivity index (χ1v) is 11.2. The number of rotatable bonds is 6. The summed E-state index contributed by atoms with van der Waals surface area (Å²) in [4.78, 5) is 13.2. The lowest BCUT2D eigenvalue weighted by Gasteiger charge is -2.19. The first kappa shape index (κ1) is 23.4. The second-order valence-electron chi connectivity index (χ2n) is 8.01. The number of benzene rings is 3. The van der Waals surface area contributed by atoms with E-state index in [2.05, 4.69) is 15.5 Å². The van der Waals surface area contributed by atoms with Crippen LogP contribution in [0.1, 0.15) is 21.5 Å². The highest BCUT2D eigenvalue weighted by Crippen LogP contribution is 2.34. The molecule has 10 heteroatoms. The van der Waals surface area contributed by atoms with Gasteiger partial charge in [0.1, 0.15) is 24.5 Å². The Morgan fingerprint density at radius 1 is 0.944 bits per heavy atom. The van der Waals surface area contributed by atoms with Gasteiger partial charge in [0.05, 0.1) is 11.1 Å². The van der Waals surface area contributed by atoms with Gasteiger partial charge in [-0.1, -0.05) is 30.3 Å². The Labute approximate surface area is 203 Å². The Bertz CT molecular complexity index is 1430. The molecule has 7 nitrogen and oxygen atoms in total. The Kier molecular flexibility index (Phi) is 6.32. The highest BCUT2D eigenvalue weighted by atomic mass is 19.4. The van der Waals surface area contributed by atoms with Crippen molar-refractivity contribution in [3.05, 3.63) is 83.4 Å². The van der Waals surface area contributed by atoms with Gasteiger partial charge in [-0.2, -0.15) is 13.2 Å². The van der Waals surface area contributed by atoms with E-state index < -0.39 is 17.6 Å². The second-order valence-corrected chi connectivity index (χ2v) is 8.01. The van der Waals surface area contributed by atoms with Crippen molar-refractivity contribution in [2.45, 2.75) is 12.6 Å². The van der Waals surface area contributed by atoms with E-state index in [1.54, 1.807) is 24.3 Å². The molecule has 0 unspecified atom stereocenters. The van der Waals surface area contributed by atoms with E-state index in [1.165, 1.54) is 12.1 Å². The molecule has 5 rings (SSSR count). The third kappa shape index (κ3) is 5.02. The van der Waals surface area contributed by atoms with Crippen LogP contribution in [-0.4, -0.2) is 35.9 Å². The van der Waals surface area contributed by atoms with E-state index in [0.717, 1.165) is 17.7 Å². The molecule has 1 aliphatic rings. The molecule has 0 aliphatic carbocycles. The molecule has 3 aromatic carbocycles. The third-order valence-electron chi connectivity index (χ3n) is 5.54. The summed E-state index contributed by atoms with van der Waals surface area (Å²) in [6, 6.07) is 16.8. The fourth-order valence-corrected chi connectivity index (χ4v) is 3.83. The lowest BCUT2D eigenvalue weighted by atomic mass is 10.1. The summed E-state index contributed by atoms with van der Waals surface area (Å²) in [5.41, 5.74) is 0.600. The summed E-state index contributed by atoms with van der Waals surface area (Å²) >= 11 is 0. The quantitative estimate of drug-likeness (QED) is 0.397. The van der Waals surface area contributed by atoms with E-state index in [1.807, 2.05) is 18.2 Å². The Hall–Kier alpha value is -4.34. The highest BCUT2D eigenvalue weighted by Gasteiger charge is 2.31. The molecular weight excluding hydrogens is 475 g/mol. The predicted molar refractivity (Wildman–Crippen MR) is 125 cm³/mol. The van der Waals surface area contributed by atoms with Crippen LogP contribution in [0.5, 0.6) is 23.1 Å². The van der Waals surface area contributed by atoms with Crippen LogP contribution in [0.3, 0.4) is 0 Å². The summed E-state index contributed by atoms with van der Waals surface area (Å²) in [6.45, 7) is 1.27. The van der Waals surface area contributed by atoms with Crippen LogP contribution in [0, 0.1) is 0 Å². The summed E-state index contributed by atoms with van der Waals surface area (Å²) in [5.74, 6) is 0.552. The van der Waals surface area contributed by atoms with E-state index in [4.69, 9.17) is 14.2 Å². The largest absolute Gasteiger partial charge is 0.486 e. The van der Waals surface area contributed by atoms with E-state index in [0.29, 0.717) is 42.0 Å². The topological polar surface area (TPSA) is 82.6 Å². The number of halogens is 3. The van der Waals surface area contributed by atoms with Crippen molar-refractivity contribution < 1.29 is 32.2 Å². The standard InChI is InChI=1S/C26H20F3N3O4/c27-26(28,29)17-4-3-5-18(15-17)36-25-23(19-6-1-2-7-20(19)31-32-25)24(33)30-11-10-16-8-9-21-22(14-16)35-13-12-34-21/h1-9,14-15H,10-13H2,(H,30,33). The third-order valence-corrected chi connectivity index (χ3v) is 5.54. The van der Waals surface area contributed by atoms with Crippen LogP contribution in [0.15, 0.2) is 66.7 Å². The number of nitrogens with one attached hydrogen (secondary N) is 1. The number of carbonyl (C=O) groups is 1. The molecule has 184 valence electrons. The van der Waals surface area contributed by atoms with Crippen LogP contribution in [0.4, 0.5) is 13.2 Å². The van der Waals surface area contributed by atoms with Crippen LogP contribution in [0.25, 0.3) is 10.9 Å². The van der Waals surface area contributed by atoms with Crippen LogP contribution in [-0.2, 0) is 12.6 Å². The molecule has 0 saturated heterocycles. The summed E-state index contributed by atoms with van der Waals surface area (Å²) in [7, 11) is 0. The zero-order chi connectivity index (χ0) is 25.1. The van der Waals surface area contributed by atoms with Gasteiger partial charge in [-0.3, -0.25) is 4.79 Å². The molecule has 36 heavy (non-hydrogen) atoms. The maximum absolute atomic E-state index is 13.2. The number of ether oxygens (including phenoxy) is 3. The molecule has 1 amide bonds. The maximum Gasteiger partial charge on any atom is 0.416 e. The van der Waals surface area contributed by atoms with Crippen LogP contribution >= 0.6 is 0 Å². The van der Waals surface area contributed by atoms with E-state index in [-0.39, 0.29) is 23.7 Å². The van der Waals surface area contributed by atoms with E-state index in [9.17, 15) is 18.0 Å². The number of aromatic nitrogens is 2. The SMILES string of the molecule is O=C(NCCc1ccc2c(c1)OCCO2)c1c(Oc2cccc(C(F)(F)F)c2)nnc2ccccc12. The van der Waals surface area contributed by atoms with Crippen molar-refractivity contribution in [2.75, 3.05) is 19.8 Å². The van der Waals surface area contributed by atoms with Crippen molar-refractivity contribution in [3.63, 3.8) is 0 Å². The zero-order valence-electron chi connectivity index (χ0n) is 18.8. The fourth-order valence-electron chi connectivity index (χ4n) is 3.83. The number of carbonyl (C=O) groups excluding carboxylic acids is 1. The van der Waals surface area contributed by atoms with Crippen molar-refractivity contribution in [2.24, 2.45) is 0 Å². The van der Waals surface area contributed by atoms with Gasteiger partial charge in [-0.25, -0.2) is 0 Å². The second kappa shape index (κ2) is 9.73. The number of nitrogens with zero attached hydrogens (tertiary/aromatic N) is 2. The average Bonchev–Trinajstić information content (AvgIpc) is 2.88. The lowest BCUT2D eigenvalue weighted by Crippen LogP contribution is -2.27. The molecule has 1 N–H and O–H groups in total. The van der Waals surface area contributed by atoms with Crippen molar-refractivity contribution in [1.82, 2.24) is 15.5 Å². The van der Waals surface area contributed by atoms with Gasteiger partial charge < -0.3 is 19.5 Å². The molecule has 0 bridgehead atoms. The van der Waals surface area contributed by atoms with Crippen molar-refractivity contribution >= 4 is 16.8 Å². The van der Waals surface area contributed by atoms with E-state index >= 15 is 0 Å². The molecule has 2 heterocycles. The molecule has 0 atom stereocenters. The molecule has 1 aromatic heterocycles. The molecular formula is C26H20F3N3O4. The maximum atomic E-state index is 13.2. The normalized spacial score (nSPS) is 12.9. The van der Waals surface area contributed by atoms with Gasteiger partial charge in [0.2, 0.25) is 0 Å². The molecule has 0 radical (unpaired) electrons. The van der Waals surface area contributed by atoms with Gasteiger partial charge in [-0.15, -0.1) is 10.2 Å². The minimum atomic E-state index is -4.54. The average molecular weight is 495 g/mol. The number of hydrogen-bond acceptors (Lipinski definition) is 6. The first-order valence-electron chi connectivity index (χ1n) is 11.2. The van der Waals surface area contributed by atoms with Gasteiger partial charge in [0.15, 0.2) is 11.5 Å². The van der Waals surface area contributed by atoms with Crippen LogP contribution < -0.4 is 19.5 Å². The first-order chi connectivity index (χ1) is 17.4. The highest BCUT2D eigenvalue weighted by molar-refractivity contribution is 6.07. The summed E-state index contributed by atoms with van der Waals surface area (Å²) in [6.07, 6.45) is -4.02. The van der Waals surface area contributed by atoms with Gasteiger partial charge in [-0.05, 0) is 48.4 Å². The molecule has 0 fully saturated rings. The minimum absolute atomic E-state index is 0.0835. The Morgan fingerprint density at radius 3 is 2.58 bits per heavy atom. The van der Waals surface area contributed by atoms with Gasteiger partial charge in [0.25, 0.3) is 11.8 Å². The number of alkyl halides is 3. The lowest BCUT2D eigenvalue weighted by molar-refractivity contribution is -0.137. The van der Waals surface area contributed by atoms with Crippen molar-refractivity contribution in [1.29, 1.82) is 0 Å². The summed E-state index contributed by atoms with van der Waals surface area (Å²) < 4.78 is 56.2. The molecule has 1 aliphatic heterocycles. The smallest absolute Gasteiger partial charge is 0.416 e. The number of hydrogen-bond donors (Lipinski definition) is 1. The number of fused-ring (bicyclic) bond motifs is 2. The predicted octanol–water partition coefficient (Wildman–Crippen LogP) is 5.18. The van der Waals surface area contributed by atoms with Crippen molar-refractivity contribution in [3.8, 4) is 23.1 Å². The monoisotopic (exact) mass is 495 g/mol. The zero-order valence-corrected chi connectivity index (χ0v) is 18.8. The molecule has 4 aromatic rings. The summed E-state index contributed by atoms with van der Waals surface area (Å²) in [5, 5.41) is 11.3. The molecule has 0 spiro atoms. The minimum Gasteiger partial charge on any atom is -0.486 e. The van der Waals surface area contributed by atoms with Gasteiger partial charge >= 0.3 is 6.18 Å². The Morgan fingerprint density at radius 2 is 1.75 bits per heavy atom. The number of amides is 1. The van der Waals surface area contributed by atoms with Gasteiger partial charge in [0, 0.05) is 11.9 Å². The molecule has 0 saturated carbocycles. The van der Waals surface area contributed by atoms with Crippen LogP contribution in [0.2, 0.25) is 0 Å².